The highest BCUT2D eigenvalue weighted by Gasteiger charge is 2.28. The number of carbonyl (C=O) groups excluding carboxylic acids is 1. The standard InChI is InChI=1S/C11H10ClFO/c1-6-2-3-7-8(12)4-5-9(13)10(7)11(6)14/h4-6H,2-3H2,1H3. The number of hydrogen-bond acceptors (Lipinski definition) is 1. The first-order valence-corrected chi connectivity index (χ1v) is 5.00. The van der Waals surface area contributed by atoms with Crippen LogP contribution in [0.25, 0.3) is 0 Å². The Kier molecular flexibility index (Phi) is 2.31. The molecule has 1 aromatic carbocycles. The number of halogens is 2. The Morgan fingerprint density at radius 2 is 2.21 bits per heavy atom. The summed E-state index contributed by atoms with van der Waals surface area (Å²) in [7, 11) is 0. The quantitative estimate of drug-likeness (QED) is 0.645. The van der Waals surface area contributed by atoms with E-state index >= 15 is 0 Å². The molecule has 1 unspecified atom stereocenters. The number of benzene rings is 1. The highest BCUT2D eigenvalue weighted by molar-refractivity contribution is 6.32. The Hall–Kier alpha value is -0.890. The molecule has 0 aromatic heterocycles. The van der Waals surface area contributed by atoms with Gasteiger partial charge in [-0.3, -0.25) is 4.79 Å². The number of hydrogen-bond donors (Lipinski definition) is 0. The van der Waals surface area contributed by atoms with E-state index in [9.17, 15) is 9.18 Å². The maximum Gasteiger partial charge on any atom is 0.168 e. The zero-order valence-corrected chi connectivity index (χ0v) is 8.57. The molecule has 3 heteroatoms. The number of carbonyl (C=O) groups is 1. The molecule has 2 rings (SSSR count). The normalized spacial score (nSPS) is 20.8. The molecule has 0 fully saturated rings. The molecule has 0 aliphatic heterocycles. The van der Waals surface area contributed by atoms with Crippen molar-refractivity contribution in [2.24, 2.45) is 5.92 Å². The Bertz CT molecular complexity index is 401. The van der Waals surface area contributed by atoms with Crippen LogP contribution in [-0.2, 0) is 6.42 Å². The summed E-state index contributed by atoms with van der Waals surface area (Å²) in [5, 5.41) is 0.502. The van der Waals surface area contributed by atoms with Crippen molar-refractivity contribution in [3.8, 4) is 0 Å². The number of ketones is 1. The van der Waals surface area contributed by atoms with Crippen LogP contribution < -0.4 is 0 Å². The molecule has 0 radical (unpaired) electrons. The Balaban J connectivity index is 2.64. The zero-order chi connectivity index (χ0) is 10.3. The third-order valence-corrected chi connectivity index (χ3v) is 3.08. The van der Waals surface area contributed by atoms with Crippen LogP contribution in [0.3, 0.4) is 0 Å². The maximum atomic E-state index is 13.4. The van der Waals surface area contributed by atoms with E-state index in [0.29, 0.717) is 17.0 Å². The van der Waals surface area contributed by atoms with E-state index in [1.165, 1.54) is 12.1 Å². The number of rotatable bonds is 0. The predicted molar refractivity (Wildman–Crippen MR) is 53.2 cm³/mol. The molecule has 1 aliphatic carbocycles. The van der Waals surface area contributed by atoms with E-state index in [0.717, 1.165) is 6.42 Å². The van der Waals surface area contributed by atoms with E-state index in [1.807, 2.05) is 6.92 Å². The molecule has 0 saturated carbocycles. The minimum Gasteiger partial charge on any atom is -0.294 e. The zero-order valence-electron chi connectivity index (χ0n) is 7.81. The lowest BCUT2D eigenvalue weighted by Crippen LogP contribution is -2.21. The van der Waals surface area contributed by atoms with Gasteiger partial charge in [0.05, 0.1) is 5.56 Å². The van der Waals surface area contributed by atoms with Crippen LogP contribution in [0.5, 0.6) is 0 Å². The second-order valence-corrected chi connectivity index (χ2v) is 4.09. The van der Waals surface area contributed by atoms with E-state index in [1.54, 1.807) is 0 Å². The minimum absolute atomic E-state index is 0.0875. The molecule has 0 bridgehead atoms. The molecule has 1 atom stereocenters. The summed E-state index contributed by atoms with van der Waals surface area (Å²) in [6, 6.07) is 2.77. The smallest absolute Gasteiger partial charge is 0.168 e. The molecule has 0 heterocycles. The van der Waals surface area contributed by atoms with Gasteiger partial charge in [0.25, 0.3) is 0 Å². The van der Waals surface area contributed by atoms with Crippen molar-refractivity contribution in [2.75, 3.05) is 0 Å². The Morgan fingerprint density at radius 1 is 1.50 bits per heavy atom. The van der Waals surface area contributed by atoms with Gasteiger partial charge in [0, 0.05) is 10.9 Å². The van der Waals surface area contributed by atoms with Gasteiger partial charge in [-0.2, -0.15) is 0 Å². The van der Waals surface area contributed by atoms with E-state index in [4.69, 9.17) is 11.6 Å². The lowest BCUT2D eigenvalue weighted by Gasteiger charge is -2.21. The summed E-state index contributed by atoms with van der Waals surface area (Å²) in [6.45, 7) is 1.83. The van der Waals surface area contributed by atoms with Crippen molar-refractivity contribution < 1.29 is 9.18 Å². The molecule has 1 aliphatic rings. The molecule has 1 nitrogen and oxygen atoms in total. The van der Waals surface area contributed by atoms with E-state index in [-0.39, 0.29) is 17.3 Å². The molecule has 0 amide bonds. The van der Waals surface area contributed by atoms with Gasteiger partial charge in [-0.15, -0.1) is 0 Å². The monoisotopic (exact) mass is 212 g/mol. The summed E-state index contributed by atoms with van der Waals surface area (Å²) in [5.41, 5.74) is 0.881. The summed E-state index contributed by atoms with van der Waals surface area (Å²) in [6.07, 6.45) is 1.45. The summed E-state index contributed by atoms with van der Waals surface area (Å²) >= 11 is 5.91. The van der Waals surface area contributed by atoms with Crippen molar-refractivity contribution in [3.05, 3.63) is 34.1 Å². The average molecular weight is 213 g/mol. The molecule has 74 valence electrons. The first-order chi connectivity index (χ1) is 6.61. The Labute approximate surface area is 86.9 Å². The third-order valence-electron chi connectivity index (χ3n) is 2.73. The molecular weight excluding hydrogens is 203 g/mol. The van der Waals surface area contributed by atoms with Crippen molar-refractivity contribution >= 4 is 17.4 Å². The van der Waals surface area contributed by atoms with Gasteiger partial charge in [-0.1, -0.05) is 18.5 Å². The second-order valence-electron chi connectivity index (χ2n) is 3.69. The molecule has 14 heavy (non-hydrogen) atoms. The van der Waals surface area contributed by atoms with Gasteiger partial charge in [0.2, 0.25) is 0 Å². The van der Waals surface area contributed by atoms with Crippen LogP contribution in [0.2, 0.25) is 5.02 Å². The average Bonchev–Trinajstić information content (AvgIpc) is 2.16. The molecule has 0 saturated heterocycles. The fourth-order valence-electron chi connectivity index (χ4n) is 1.84. The van der Waals surface area contributed by atoms with Crippen LogP contribution in [0, 0.1) is 11.7 Å². The van der Waals surface area contributed by atoms with Gasteiger partial charge < -0.3 is 0 Å². The van der Waals surface area contributed by atoms with Gasteiger partial charge in [-0.05, 0) is 30.5 Å². The highest BCUT2D eigenvalue weighted by atomic mass is 35.5. The third kappa shape index (κ3) is 1.34. The lowest BCUT2D eigenvalue weighted by molar-refractivity contribution is 0.0909. The largest absolute Gasteiger partial charge is 0.294 e. The van der Waals surface area contributed by atoms with Crippen LogP contribution in [0.15, 0.2) is 12.1 Å². The first-order valence-electron chi connectivity index (χ1n) is 4.62. The van der Waals surface area contributed by atoms with Gasteiger partial charge in [0.1, 0.15) is 5.82 Å². The van der Waals surface area contributed by atoms with E-state index < -0.39 is 5.82 Å². The Morgan fingerprint density at radius 3 is 2.93 bits per heavy atom. The fourth-order valence-corrected chi connectivity index (χ4v) is 2.09. The minimum atomic E-state index is -0.444. The first kappa shape index (κ1) is 9.66. The summed E-state index contributed by atoms with van der Waals surface area (Å²) in [4.78, 5) is 11.7. The van der Waals surface area contributed by atoms with Gasteiger partial charge in [0.15, 0.2) is 5.78 Å². The van der Waals surface area contributed by atoms with Gasteiger partial charge in [-0.25, -0.2) is 4.39 Å². The topological polar surface area (TPSA) is 17.1 Å². The predicted octanol–water partition coefficient (Wildman–Crippen LogP) is 3.24. The van der Waals surface area contributed by atoms with Gasteiger partial charge >= 0.3 is 0 Å². The van der Waals surface area contributed by atoms with Crippen molar-refractivity contribution in [1.29, 1.82) is 0 Å². The molecule has 0 N–H and O–H groups in total. The van der Waals surface area contributed by atoms with Crippen LogP contribution >= 0.6 is 11.6 Å². The van der Waals surface area contributed by atoms with Crippen LogP contribution in [0.4, 0.5) is 4.39 Å². The van der Waals surface area contributed by atoms with Crippen LogP contribution in [-0.4, -0.2) is 5.78 Å². The maximum absolute atomic E-state index is 13.4. The van der Waals surface area contributed by atoms with Crippen molar-refractivity contribution in [1.82, 2.24) is 0 Å². The van der Waals surface area contributed by atoms with Crippen molar-refractivity contribution in [2.45, 2.75) is 19.8 Å². The highest BCUT2D eigenvalue weighted by Crippen LogP contribution is 2.32. The molecular formula is C11H10ClFO. The van der Waals surface area contributed by atoms with Crippen molar-refractivity contribution in [3.63, 3.8) is 0 Å². The molecule has 1 aromatic rings. The molecule has 0 spiro atoms. The SMILES string of the molecule is CC1CCc2c(Cl)ccc(F)c2C1=O. The summed E-state index contributed by atoms with van der Waals surface area (Å²) < 4.78 is 13.4. The van der Waals surface area contributed by atoms with Crippen LogP contribution in [0.1, 0.15) is 29.3 Å². The second kappa shape index (κ2) is 3.35. The lowest BCUT2D eigenvalue weighted by atomic mass is 9.83. The number of Topliss-reactive ketones (excluding diaryl/α,β-unsaturated/α-hetero) is 1. The summed E-state index contributed by atoms with van der Waals surface area (Å²) in [5.74, 6) is -0.650. The van der Waals surface area contributed by atoms with E-state index in [2.05, 4.69) is 0 Å². The fraction of sp³-hybridized carbons (Fsp3) is 0.364. The number of fused-ring (bicyclic) bond motifs is 1.